The van der Waals surface area contributed by atoms with E-state index < -0.39 is 14.5 Å². The van der Waals surface area contributed by atoms with E-state index in [4.69, 9.17) is 8.53 Å². The molecule has 0 bridgehead atoms. The van der Waals surface area contributed by atoms with Crippen LogP contribution in [0.25, 0.3) is 0 Å². The minimum Gasteiger partial charge on any atom is -0.499 e. The molecule has 0 unspecified atom stereocenters. The van der Waals surface area contributed by atoms with E-state index in [-0.39, 0.29) is 0 Å². The molecule has 0 fully saturated rings. The highest BCUT2D eigenvalue weighted by Crippen LogP contribution is 1.98. The third-order valence-electron chi connectivity index (χ3n) is 1.55. The van der Waals surface area contributed by atoms with Crippen LogP contribution in [0.4, 0.5) is 0 Å². The summed E-state index contributed by atoms with van der Waals surface area (Å²) in [6.07, 6.45) is 0. The maximum atomic E-state index is 5.59. The zero-order valence-corrected chi connectivity index (χ0v) is 8.38. The molecule has 0 atom stereocenters. The molecule has 3 heteroatoms. The average Bonchev–Trinajstić information content (AvgIpc) is 1.99. The van der Waals surface area contributed by atoms with Crippen molar-refractivity contribution in [3.8, 4) is 0 Å². The lowest BCUT2D eigenvalue weighted by atomic mass is 10.8. The van der Waals surface area contributed by atoms with E-state index >= 15 is 0 Å². The predicted octanol–water partition coefficient (Wildman–Crippen LogP) is 1.68. The van der Waals surface area contributed by atoms with Crippen molar-refractivity contribution in [1.82, 2.24) is 0 Å². The summed E-state index contributed by atoms with van der Waals surface area (Å²) in [5.74, 6) is 0. The first-order valence-corrected chi connectivity index (χ1v) is 6.06. The van der Waals surface area contributed by atoms with Gasteiger partial charge in [0.1, 0.15) is 0 Å². The normalized spacial score (nSPS) is 9.90. The molecular formula is C7H17AlO2. The van der Waals surface area contributed by atoms with Crippen LogP contribution >= 0.6 is 0 Å². The molecule has 0 rings (SSSR count). The van der Waals surface area contributed by atoms with Crippen molar-refractivity contribution in [2.45, 2.75) is 24.4 Å². The van der Waals surface area contributed by atoms with Crippen LogP contribution in [-0.2, 0) is 8.53 Å². The van der Waals surface area contributed by atoms with Gasteiger partial charge in [-0.05, 0) is 0 Å². The van der Waals surface area contributed by atoms with Gasteiger partial charge in [-0.25, -0.2) is 0 Å². The SMILES string of the molecule is C[CH2][Al]([CH2]C)[O]CCOC. The summed E-state index contributed by atoms with van der Waals surface area (Å²) >= 11 is -0.804. The number of hydrogen-bond acceptors (Lipinski definition) is 2. The van der Waals surface area contributed by atoms with Gasteiger partial charge < -0.3 is 8.53 Å². The van der Waals surface area contributed by atoms with E-state index in [9.17, 15) is 0 Å². The Bertz CT molecular complexity index is 64.6. The molecular weight excluding hydrogens is 143 g/mol. The van der Waals surface area contributed by atoms with Crippen LogP contribution in [0.1, 0.15) is 13.8 Å². The summed E-state index contributed by atoms with van der Waals surface area (Å²) in [5, 5.41) is 2.47. The van der Waals surface area contributed by atoms with Crippen molar-refractivity contribution in [2.24, 2.45) is 0 Å². The van der Waals surface area contributed by atoms with E-state index in [0.29, 0.717) is 0 Å². The van der Waals surface area contributed by atoms with E-state index in [1.807, 2.05) is 0 Å². The second-order valence-corrected chi connectivity index (χ2v) is 5.51. The molecule has 0 aliphatic rings. The molecule has 0 heterocycles. The summed E-state index contributed by atoms with van der Waals surface area (Å²) in [5.41, 5.74) is 0. The Morgan fingerprint density at radius 1 is 1.10 bits per heavy atom. The molecule has 2 nitrogen and oxygen atoms in total. The smallest absolute Gasteiger partial charge is 0.460 e. The average molecular weight is 160 g/mol. The van der Waals surface area contributed by atoms with Crippen LogP contribution < -0.4 is 0 Å². The Morgan fingerprint density at radius 2 is 1.70 bits per heavy atom. The van der Waals surface area contributed by atoms with Crippen LogP contribution in [0.2, 0.25) is 10.6 Å². The highest BCUT2D eigenvalue weighted by atomic mass is 27.2. The molecule has 0 aromatic heterocycles. The van der Waals surface area contributed by atoms with Crippen LogP contribution in [0.15, 0.2) is 0 Å². The number of rotatable bonds is 6. The van der Waals surface area contributed by atoms with Gasteiger partial charge in [-0.1, -0.05) is 24.4 Å². The molecule has 0 aromatic carbocycles. The minimum atomic E-state index is -0.804. The second-order valence-electron chi connectivity index (χ2n) is 2.30. The molecule has 0 amide bonds. The van der Waals surface area contributed by atoms with Gasteiger partial charge in [-0.3, -0.25) is 0 Å². The Hall–Kier alpha value is 0.452. The highest BCUT2D eigenvalue weighted by Gasteiger charge is 2.13. The summed E-state index contributed by atoms with van der Waals surface area (Å²) in [6, 6.07) is 0. The van der Waals surface area contributed by atoms with Gasteiger partial charge in [0.25, 0.3) is 0 Å². The Labute approximate surface area is 68.2 Å². The van der Waals surface area contributed by atoms with Crippen LogP contribution in [0.5, 0.6) is 0 Å². The third kappa shape index (κ3) is 5.25. The largest absolute Gasteiger partial charge is 0.499 e. The van der Waals surface area contributed by atoms with Gasteiger partial charge in [-0.15, -0.1) is 0 Å². The fourth-order valence-electron chi connectivity index (χ4n) is 0.822. The summed E-state index contributed by atoms with van der Waals surface area (Å²) in [6.45, 7) is 5.93. The lowest BCUT2D eigenvalue weighted by molar-refractivity contribution is 0.145. The van der Waals surface area contributed by atoms with Crippen molar-refractivity contribution in [2.75, 3.05) is 20.3 Å². The van der Waals surface area contributed by atoms with Gasteiger partial charge >= 0.3 is 14.5 Å². The second kappa shape index (κ2) is 7.56. The van der Waals surface area contributed by atoms with E-state index in [0.717, 1.165) is 13.2 Å². The lowest BCUT2D eigenvalue weighted by Crippen LogP contribution is -2.17. The maximum Gasteiger partial charge on any atom is 0.460 e. The van der Waals surface area contributed by atoms with Gasteiger partial charge in [-0.2, -0.15) is 0 Å². The minimum absolute atomic E-state index is 0.740. The van der Waals surface area contributed by atoms with E-state index in [1.54, 1.807) is 7.11 Å². The predicted molar refractivity (Wildman–Crippen MR) is 44.5 cm³/mol. The van der Waals surface area contributed by atoms with Gasteiger partial charge in [0.15, 0.2) is 0 Å². The topological polar surface area (TPSA) is 18.5 Å². The van der Waals surface area contributed by atoms with Crippen molar-refractivity contribution < 1.29 is 8.53 Å². The molecule has 0 spiro atoms. The zero-order chi connectivity index (χ0) is 7.82. The fourth-order valence-corrected chi connectivity index (χ4v) is 2.30. The highest BCUT2D eigenvalue weighted by molar-refractivity contribution is 6.51. The van der Waals surface area contributed by atoms with Crippen molar-refractivity contribution in [3.05, 3.63) is 0 Å². The third-order valence-corrected chi connectivity index (χ3v) is 4.08. The van der Waals surface area contributed by atoms with Gasteiger partial charge in [0.2, 0.25) is 0 Å². The Balaban J connectivity index is 3.09. The molecule has 0 aliphatic heterocycles. The van der Waals surface area contributed by atoms with Crippen molar-refractivity contribution >= 4 is 14.5 Å². The molecule has 60 valence electrons. The molecule has 0 radical (unpaired) electrons. The molecule has 0 saturated carbocycles. The molecule has 0 aromatic rings. The molecule has 10 heavy (non-hydrogen) atoms. The first kappa shape index (κ1) is 10.5. The van der Waals surface area contributed by atoms with Crippen molar-refractivity contribution in [1.29, 1.82) is 0 Å². The lowest BCUT2D eigenvalue weighted by Gasteiger charge is -2.07. The Kier molecular flexibility index (Phi) is 7.90. The first-order valence-electron chi connectivity index (χ1n) is 3.95. The van der Waals surface area contributed by atoms with Gasteiger partial charge in [0, 0.05) is 13.7 Å². The zero-order valence-electron chi connectivity index (χ0n) is 7.22. The van der Waals surface area contributed by atoms with E-state index in [1.165, 1.54) is 10.6 Å². The van der Waals surface area contributed by atoms with Crippen LogP contribution in [0, 0.1) is 0 Å². The number of methoxy groups -OCH3 is 1. The molecule has 0 N–H and O–H groups in total. The number of hydrogen-bond donors (Lipinski definition) is 0. The van der Waals surface area contributed by atoms with Crippen LogP contribution in [-0.4, -0.2) is 34.8 Å². The molecule has 0 saturated heterocycles. The Morgan fingerprint density at radius 3 is 2.10 bits per heavy atom. The van der Waals surface area contributed by atoms with E-state index in [2.05, 4.69) is 13.8 Å². The number of ether oxygens (including phenoxy) is 1. The maximum absolute atomic E-state index is 5.59. The summed E-state index contributed by atoms with van der Waals surface area (Å²) < 4.78 is 10.5. The van der Waals surface area contributed by atoms with Crippen molar-refractivity contribution in [3.63, 3.8) is 0 Å². The summed E-state index contributed by atoms with van der Waals surface area (Å²) in [4.78, 5) is 0. The molecule has 0 aliphatic carbocycles. The standard InChI is InChI=1S/C3H7O2.2C2H5.Al/c1-5-3-2-4;2*1-2;/h2-3H2,1H3;2*1H2,2H3;/q-1;;;+1. The van der Waals surface area contributed by atoms with Gasteiger partial charge in [0.05, 0.1) is 6.61 Å². The van der Waals surface area contributed by atoms with Crippen LogP contribution in [0.3, 0.4) is 0 Å². The first-order chi connectivity index (χ1) is 4.85. The summed E-state index contributed by atoms with van der Waals surface area (Å²) in [7, 11) is 1.71. The monoisotopic (exact) mass is 160 g/mol. The quantitative estimate of drug-likeness (QED) is 0.434. The fraction of sp³-hybridized carbons (Fsp3) is 1.00.